The van der Waals surface area contributed by atoms with Crippen molar-refractivity contribution in [3.63, 3.8) is 0 Å². The van der Waals surface area contributed by atoms with Gasteiger partial charge in [-0.2, -0.15) is 0 Å². The number of hydrogen-bond acceptors (Lipinski definition) is 2. The smallest absolute Gasteiger partial charge is 0.345 e. The molecule has 1 atom stereocenters. The number of hydrogen-bond donors (Lipinski definition) is 1. The molecule has 3 aromatic rings. The third-order valence-corrected chi connectivity index (χ3v) is 4.38. The second-order valence-corrected chi connectivity index (χ2v) is 6.58. The monoisotopic (exact) mass is 396 g/mol. The Bertz CT molecular complexity index is 827. The Balaban J connectivity index is 1.72. The zero-order chi connectivity index (χ0) is 17.6. The average molecular weight is 397 g/mol. The van der Waals surface area contributed by atoms with Crippen molar-refractivity contribution in [3.8, 4) is 16.9 Å². The van der Waals surface area contributed by atoms with Crippen LogP contribution in [0.1, 0.15) is 5.56 Å². The van der Waals surface area contributed by atoms with Gasteiger partial charge < -0.3 is 9.84 Å². The van der Waals surface area contributed by atoms with Gasteiger partial charge in [-0.15, -0.1) is 0 Å². The first kappa shape index (κ1) is 17.2. The van der Waals surface area contributed by atoms with Gasteiger partial charge >= 0.3 is 5.97 Å². The molecule has 0 fully saturated rings. The van der Waals surface area contributed by atoms with Gasteiger partial charge in [0.25, 0.3) is 0 Å². The lowest BCUT2D eigenvalue weighted by molar-refractivity contribution is -0.145. The van der Waals surface area contributed by atoms with Gasteiger partial charge in [0.05, 0.1) is 0 Å². The van der Waals surface area contributed by atoms with Gasteiger partial charge in [-0.25, -0.2) is 4.79 Å². The van der Waals surface area contributed by atoms with Gasteiger partial charge in [-0.3, -0.25) is 0 Å². The number of aliphatic carboxylic acids is 1. The molecule has 0 amide bonds. The summed E-state index contributed by atoms with van der Waals surface area (Å²) in [6, 6.07) is 25.0. The van der Waals surface area contributed by atoms with Crippen molar-refractivity contribution in [2.75, 3.05) is 0 Å². The van der Waals surface area contributed by atoms with Crippen molar-refractivity contribution < 1.29 is 14.6 Å². The zero-order valence-electron chi connectivity index (χ0n) is 13.4. The Morgan fingerprint density at radius 2 is 1.48 bits per heavy atom. The van der Waals surface area contributed by atoms with Crippen LogP contribution in [0.15, 0.2) is 83.3 Å². The first-order valence-electron chi connectivity index (χ1n) is 7.91. The molecular weight excluding hydrogens is 380 g/mol. The molecule has 0 heterocycles. The lowest BCUT2D eigenvalue weighted by atomic mass is 10.1. The van der Waals surface area contributed by atoms with E-state index in [1.54, 1.807) is 12.1 Å². The molecule has 3 aromatic carbocycles. The number of carboxylic acid groups (broad SMARTS) is 1. The first-order chi connectivity index (χ1) is 12.1. The SMILES string of the molecule is O=C(O)[C@H](Cc1ccc(Br)cc1)Oc1ccc(-c2ccccc2)cc1. The minimum atomic E-state index is -0.977. The minimum absolute atomic E-state index is 0.309. The van der Waals surface area contributed by atoms with E-state index in [4.69, 9.17) is 4.74 Å². The fourth-order valence-corrected chi connectivity index (χ4v) is 2.80. The fraction of sp³-hybridized carbons (Fsp3) is 0.0952. The van der Waals surface area contributed by atoms with Crippen LogP contribution in [0.3, 0.4) is 0 Å². The largest absolute Gasteiger partial charge is 0.478 e. The Labute approximate surface area is 155 Å². The molecule has 0 unspecified atom stereocenters. The van der Waals surface area contributed by atoms with Gasteiger partial charge in [0.1, 0.15) is 5.75 Å². The van der Waals surface area contributed by atoms with E-state index in [2.05, 4.69) is 15.9 Å². The van der Waals surface area contributed by atoms with E-state index in [-0.39, 0.29) is 0 Å². The number of carboxylic acids is 1. The Kier molecular flexibility index (Phi) is 5.51. The van der Waals surface area contributed by atoms with Crippen LogP contribution in [0.4, 0.5) is 0 Å². The maximum absolute atomic E-state index is 11.5. The molecule has 0 aromatic heterocycles. The maximum Gasteiger partial charge on any atom is 0.345 e. The molecule has 0 saturated carbocycles. The van der Waals surface area contributed by atoms with E-state index in [9.17, 15) is 9.90 Å². The van der Waals surface area contributed by atoms with Gasteiger partial charge in [0.15, 0.2) is 6.10 Å². The van der Waals surface area contributed by atoms with Crippen molar-refractivity contribution in [2.24, 2.45) is 0 Å². The summed E-state index contributed by atoms with van der Waals surface area (Å²) in [6.45, 7) is 0. The average Bonchev–Trinajstić information content (AvgIpc) is 2.64. The summed E-state index contributed by atoms with van der Waals surface area (Å²) in [7, 11) is 0. The minimum Gasteiger partial charge on any atom is -0.478 e. The molecule has 0 saturated heterocycles. The summed E-state index contributed by atoms with van der Waals surface area (Å²) in [5, 5.41) is 9.45. The third kappa shape index (κ3) is 4.70. The topological polar surface area (TPSA) is 46.5 Å². The van der Waals surface area contributed by atoms with E-state index in [0.29, 0.717) is 12.2 Å². The van der Waals surface area contributed by atoms with Crippen molar-refractivity contribution in [2.45, 2.75) is 12.5 Å². The highest BCUT2D eigenvalue weighted by molar-refractivity contribution is 9.10. The van der Waals surface area contributed by atoms with E-state index in [0.717, 1.165) is 21.2 Å². The van der Waals surface area contributed by atoms with E-state index >= 15 is 0 Å². The molecule has 3 rings (SSSR count). The standard InChI is InChI=1S/C21H17BrO3/c22-18-10-6-15(7-11-18)14-20(21(23)24)25-19-12-8-17(9-13-19)16-4-2-1-3-5-16/h1-13,20H,14H2,(H,23,24)/t20-/m0/s1. The van der Waals surface area contributed by atoms with Crippen LogP contribution in [-0.4, -0.2) is 17.2 Å². The summed E-state index contributed by atoms with van der Waals surface area (Å²) in [6.07, 6.45) is -0.619. The van der Waals surface area contributed by atoms with Crippen LogP contribution in [0, 0.1) is 0 Å². The molecule has 1 N–H and O–H groups in total. The van der Waals surface area contributed by atoms with Crippen molar-refractivity contribution in [1.29, 1.82) is 0 Å². The molecule has 0 spiro atoms. The Morgan fingerprint density at radius 1 is 0.880 bits per heavy atom. The predicted octanol–water partition coefficient (Wildman–Crippen LogP) is 5.19. The quantitative estimate of drug-likeness (QED) is 0.623. The molecule has 0 radical (unpaired) electrons. The first-order valence-corrected chi connectivity index (χ1v) is 8.70. The highest BCUT2D eigenvalue weighted by atomic mass is 79.9. The van der Waals surface area contributed by atoms with Gasteiger partial charge in [0, 0.05) is 10.9 Å². The molecule has 0 aliphatic rings. The molecular formula is C21H17BrO3. The molecule has 0 aliphatic carbocycles. The predicted molar refractivity (Wildman–Crippen MR) is 102 cm³/mol. The van der Waals surface area contributed by atoms with E-state index < -0.39 is 12.1 Å². The summed E-state index contributed by atoms with van der Waals surface area (Å²) in [5.74, 6) is -0.431. The summed E-state index contributed by atoms with van der Waals surface area (Å²) in [4.78, 5) is 11.5. The Hall–Kier alpha value is -2.59. The second kappa shape index (κ2) is 7.99. The number of ether oxygens (including phenoxy) is 1. The fourth-order valence-electron chi connectivity index (χ4n) is 2.53. The van der Waals surface area contributed by atoms with Crippen LogP contribution in [0.25, 0.3) is 11.1 Å². The lowest BCUT2D eigenvalue weighted by Gasteiger charge is -2.15. The number of benzene rings is 3. The summed E-state index contributed by atoms with van der Waals surface area (Å²) in [5.41, 5.74) is 3.09. The molecule has 3 nitrogen and oxygen atoms in total. The van der Waals surface area contributed by atoms with Crippen LogP contribution >= 0.6 is 15.9 Å². The van der Waals surface area contributed by atoms with Crippen LogP contribution in [0.2, 0.25) is 0 Å². The van der Waals surface area contributed by atoms with Crippen LogP contribution < -0.4 is 4.74 Å². The lowest BCUT2D eigenvalue weighted by Crippen LogP contribution is -2.29. The normalized spacial score (nSPS) is 11.7. The zero-order valence-corrected chi connectivity index (χ0v) is 15.0. The van der Waals surface area contributed by atoms with E-state index in [1.165, 1.54) is 0 Å². The van der Waals surface area contributed by atoms with E-state index in [1.807, 2.05) is 66.7 Å². The second-order valence-electron chi connectivity index (χ2n) is 5.67. The number of carbonyl (C=O) groups is 1. The molecule has 0 aliphatic heterocycles. The van der Waals surface area contributed by atoms with Crippen molar-refractivity contribution >= 4 is 21.9 Å². The van der Waals surface area contributed by atoms with Crippen LogP contribution in [0.5, 0.6) is 5.75 Å². The van der Waals surface area contributed by atoms with Gasteiger partial charge in [0.2, 0.25) is 0 Å². The van der Waals surface area contributed by atoms with Gasteiger partial charge in [-0.1, -0.05) is 70.5 Å². The van der Waals surface area contributed by atoms with Gasteiger partial charge in [-0.05, 0) is 41.0 Å². The molecule has 0 bridgehead atoms. The number of halogens is 1. The third-order valence-electron chi connectivity index (χ3n) is 3.85. The molecule has 4 heteroatoms. The van der Waals surface area contributed by atoms with Crippen LogP contribution in [-0.2, 0) is 11.2 Å². The molecule has 126 valence electrons. The maximum atomic E-state index is 11.5. The highest BCUT2D eigenvalue weighted by Crippen LogP contribution is 2.23. The Morgan fingerprint density at radius 3 is 2.08 bits per heavy atom. The molecule has 25 heavy (non-hydrogen) atoms. The highest BCUT2D eigenvalue weighted by Gasteiger charge is 2.20. The van der Waals surface area contributed by atoms with Crippen molar-refractivity contribution in [3.05, 3.63) is 88.9 Å². The summed E-state index contributed by atoms with van der Waals surface area (Å²) < 4.78 is 6.65. The number of rotatable bonds is 6. The van der Waals surface area contributed by atoms with Crippen molar-refractivity contribution in [1.82, 2.24) is 0 Å². The summed E-state index contributed by atoms with van der Waals surface area (Å²) >= 11 is 3.37.